The molecule has 1 heterocycles. The Bertz CT molecular complexity index is 572. The van der Waals surface area contributed by atoms with Crippen molar-refractivity contribution in [3.05, 3.63) is 34.1 Å². The second-order valence-corrected chi connectivity index (χ2v) is 7.25. The van der Waals surface area contributed by atoms with E-state index < -0.39 is 0 Å². The van der Waals surface area contributed by atoms with Gasteiger partial charge in [-0.2, -0.15) is 0 Å². The van der Waals surface area contributed by atoms with Crippen molar-refractivity contribution in [3.8, 4) is 0 Å². The van der Waals surface area contributed by atoms with Crippen LogP contribution < -0.4 is 10.6 Å². The van der Waals surface area contributed by atoms with Crippen LogP contribution in [0.1, 0.15) is 25.3 Å². The monoisotopic (exact) mass is 557 g/mol. The fraction of sp³-hybridized carbons (Fsp3) is 0.632. The lowest BCUT2D eigenvalue weighted by Crippen LogP contribution is -2.38. The van der Waals surface area contributed by atoms with Crippen LogP contribution in [0.5, 0.6) is 0 Å². The predicted molar refractivity (Wildman–Crippen MR) is 122 cm³/mol. The van der Waals surface area contributed by atoms with Gasteiger partial charge >= 0.3 is 0 Å². The van der Waals surface area contributed by atoms with Crippen LogP contribution in [-0.2, 0) is 15.9 Å². The van der Waals surface area contributed by atoms with Gasteiger partial charge in [0.1, 0.15) is 5.82 Å². The van der Waals surface area contributed by atoms with Gasteiger partial charge in [0, 0.05) is 43.2 Å². The largest absolute Gasteiger partial charge is 0.381 e. The number of nitrogens with zero attached hydrogens (tertiary/aromatic N) is 1. The number of aliphatic imine (C=N–C) groups is 1. The summed E-state index contributed by atoms with van der Waals surface area (Å²) in [6.45, 7) is 7.31. The van der Waals surface area contributed by atoms with E-state index in [1.165, 1.54) is 6.07 Å². The summed E-state index contributed by atoms with van der Waals surface area (Å²) in [5.74, 6) is 1.13. The van der Waals surface area contributed by atoms with E-state index in [4.69, 9.17) is 9.47 Å². The highest BCUT2D eigenvalue weighted by molar-refractivity contribution is 14.0. The molecule has 5 nitrogen and oxygen atoms in total. The standard InChI is InChI=1S/C19H29BrFN3O2.HI/c1-2-22-19(23-8-3-10-25-13-15-7-11-26-14-15)24-9-6-16-12-17(20)4-5-18(16)21;/h4-5,12,15H,2-3,6-11,13-14H2,1H3,(H2,22,23,24);1H. The SMILES string of the molecule is CCNC(=NCCCOCC1CCOC1)NCCc1cc(Br)ccc1F.I. The molecule has 0 aliphatic carbocycles. The number of benzene rings is 1. The van der Waals surface area contributed by atoms with E-state index in [9.17, 15) is 4.39 Å². The van der Waals surface area contributed by atoms with Gasteiger partial charge in [-0.05, 0) is 49.9 Å². The molecule has 0 saturated carbocycles. The van der Waals surface area contributed by atoms with E-state index in [0.717, 1.165) is 49.6 Å². The Kier molecular flexibility index (Phi) is 13.2. The number of ether oxygens (including phenoxy) is 2. The molecule has 2 rings (SSSR count). The minimum atomic E-state index is -0.179. The van der Waals surface area contributed by atoms with E-state index in [0.29, 0.717) is 37.6 Å². The highest BCUT2D eigenvalue weighted by atomic mass is 127. The molecule has 2 N–H and O–H groups in total. The summed E-state index contributed by atoms with van der Waals surface area (Å²) < 4.78 is 25.7. The van der Waals surface area contributed by atoms with E-state index in [1.807, 2.05) is 13.0 Å². The number of nitrogens with one attached hydrogen (secondary N) is 2. The fourth-order valence-electron chi connectivity index (χ4n) is 2.71. The number of hydrogen-bond acceptors (Lipinski definition) is 3. The van der Waals surface area contributed by atoms with Crippen molar-refractivity contribution >= 4 is 45.9 Å². The van der Waals surface area contributed by atoms with Gasteiger partial charge in [-0.15, -0.1) is 24.0 Å². The Morgan fingerprint density at radius 1 is 1.41 bits per heavy atom. The molecule has 1 aromatic rings. The lowest BCUT2D eigenvalue weighted by atomic mass is 10.1. The first kappa shape index (κ1) is 24.6. The number of hydrogen-bond donors (Lipinski definition) is 2. The summed E-state index contributed by atoms with van der Waals surface area (Å²) >= 11 is 3.38. The molecule has 1 aromatic carbocycles. The van der Waals surface area contributed by atoms with Crippen LogP contribution >= 0.6 is 39.9 Å². The van der Waals surface area contributed by atoms with E-state index in [2.05, 4.69) is 31.6 Å². The van der Waals surface area contributed by atoms with Crippen molar-refractivity contribution in [1.29, 1.82) is 0 Å². The maximum absolute atomic E-state index is 13.8. The zero-order chi connectivity index (χ0) is 18.6. The molecule has 0 amide bonds. The Labute approximate surface area is 187 Å². The second kappa shape index (κ2) is 14.5. The maximum atomic E-state index is 13.8. The molecule has 1 aliphatic heterocycles. The molecule has 0 radical (unpaired) electrons. The average molecular weight is 558 g/mol. The third kappa shape index (κ3) is 10.0. The molecular formula is C19H30BrFIN3O2. The predicted octanol–water partition coefficient (Wildman–Crippen LogP) is 3.75. The molecule has 0 spiro atoms. The number of halogens is 3. The summed E-state index contributed by atoms with van der Waals surface area (Å²) in [7, 11) is 0. The van der Waals surface area contributed by atoms with E-state index in [-0.39, 0.29) is 29.8 Å². The topological polar surface area (TPSA) is 54.9 Å². The Morgan fingerprint density at radius 2 is 2.26 bits per heavy atom. The third-order valence-electron chi connectivity index (χ3n) is 4.13. The highest BCUT2D eigenvalue weighted by Gasteiger charge is 2.15. The minimum Gasteiger partial charge on any atom is -0.381 e. The van der Waals surface area contributed by atoms with Gasteiger partial charge in [-0.25, -0.2) is 4.39 Å². The molecule has 8 heteroatoms. The zero-order valence-electron chi connectivity index (χ0n) is 15.8. The first-order chi connectivity index (χ1) is 12.7. The van der Waals surface area contributed by atoms with Gasteiger partial charge in [-0.1, -0.05) is 15.9 Å². The van der Waals surface area contributed by atoms with Gasteiger partial charge in [0.25, 0.3) is 0 Å². The van der Waals surface area contributed by atoms with Crippen LogP contribution in [-0.4, -0.2) is 52.0 Å². The van der Waals surface area contributed by atoms with E-state index in [1.54, 1.807) is 6.07 Å². The molecule has 1 fully saturated rings. The van der Waals surface area contributed by atoms with Crippen LogP contribution in [0, 0.1) is 11.7 Å². The first-order valence-electron chi connectivity index (χ1n) is 9.30. The molecule has 1 aliphatic rings. The summed E-state index contributed by atoms with van der Waals surface area (Å²) in [4.78, 5) is 4.54. The van der Waals surface area contributed by atoms with Crippen LogP contribution in [0.3, 0.4) is 0 Å². The van der Waals surface area contributed by atoms with Crippen LogP contribution in [0.25, 0.3) is 0 Å². The summed E-state index contributed by atoms with van der Waals surface area (Å²) in [5, 5.41) is 6.46. The Hall–Kier alpha value is -0.450. The quantitative estimate of drug-likeness (QED) is 0.199. The Morgan fingerprint density at radius 3 is 3.00 bits per heavy atom. The molecule has 0 aromatic heterocycles. The van der Waals surface area contributed by atoms with Crippen molar-refractivity contribution in [2.75, 3.05) is 46.1 Å². The number of rotatable bonds is 10. The summed E-state index contributed by atoms with van der Waals surface area (Å²) in [6.07, 6.45) is 2.58. The first-order valence-corrected chi connectivity index (χ1v) is 10.1. The average Bonchev–Trinajstić information content (AvgIpc) is 3.14. The van der Waals surface area contributed by atoms with Gasteiger partial charge in [0.05, 0.1) is 13.2 Å². The fourth-order valence-corrected chi connectivity index (χ4v) is 3.12. The molecule has 27 heavy (non-hydrogen) atoms. The summed E-state index contributed by atoms with van der Waals surface area (Å²) in [5.41, 5.74) is 0.687. The van der Waals surface area contributed by atoms with Gasteiger partial charge in [-0.3, -0.25) is 4.99 Å². The van der Waals surface area contributed by atoms with Crippen molar-refractivity contribution < 1.29 is 13.9 Å². The summed E-state index contributed by atoms with van der Waals surface area (Å²) in [6, 6.07) is 5.00. The lowest BCUT2D eigenvalue weighted by Gasteiger charge is -2.12. The zero-order valence-corrected chi connectivity index (χ0v) is 19.7. The molecule has 154 valence electrons. The van der Waals surface area contributed by atoms with Gasteiger partial charge in [0.2, 0.25) is 0 Å². The van der Waals surface area contributed by atoms with Crippen LogP contribution in [0.15, 0.2) is 27.7 Å². The van der Waals surface area contributed by atoms with Gasteiger partial charge < -0.3 is 20.1 Å². The van der Waals surface area contributed by atoms with Gasteiger partial charge in [0.15, 0.2) is 5.96 Å². The highest BCUT2D eigenvalue weighted by Crippen LogP contribution is 2.15. The maximum Gasteiger partial charge on any atom is 0.191 e. The molecule has 1 saturated heterocycles. The van der Waals surface area contributed by atoms with Crippen molar-refractivity contribution in [2.24, 2.45) is 10.9 Å². The van der Waals surface area contributed by atoms with Crippen LogP contribution in [0.4, 0.5) is 4.39 Å². The molecular weight excluding hydrogens is 528 g/mol. The van der Waals surface area contributed by atoms with Crippen LogP contribution in [0.2, 0.25) is 0 Å². The lowest BCUT2D eigenvalue weighted by molar-refractivity contribution is 0.0893. The molecule has 1 unspecified atom stereocenters. The smallest absolute Gasteiger partial charge is 0.191 e. The third-order valence-corrected chi connectivity index (χ3v) is 4.63. The normalized spacial score (nSPS) is 16.9. The molecule has 1 atom stereocenters. The number of guanidine groups is 1. The van der Waals surface area contributed by atoms with Crippen molar-refractivity contribution in [2.45, 2.75) is 26.2 Å². The second-order valence-electron chi connectivity index (χ2n) is 6.33. The molecule has 0 bridgehead atoms. The Balaban J connectivity index is 0.00000364. The minimum absolute atomic E-state index is 0. The van der Waals surface area contributed by atoms with E-state index >= 15 is 0 Å². The van der Waals surface area contributed by atoms with Crippen molar-refractivity contribution in [3.63, 3.8) is 0 Å². The van der Waals surface area contributed by atoms with Crippen molar-refractivity contribution in [1.82, 2.24) is 10.6 Å².